The molecule has 59 heavy (non-hydrogen) atoms. The number of rotatable bonds is 9. The van der Waals surface area contributed by atoms with E-state index in [9.17, 15) is 0 Å². The fourth-order valence-electron chi connectivity index (χ4n) is 9.09. The molecule has 1 aliphatic rings. The average Bonchev–Trinajstić information content (AvgIpc) is 3.33. The van der Waals surface area contributed by atoms with Crippen LogP contribution in [0.1, 0.15) is 43.6 Å². The van der Waals surface area contributed by atoms with Gasteiger partial charge in [0.05, 0.1) is 0 Å². The van der Waals surface area contributed by atoms with Gasteiger partial charge in [-0.3, -0.25) is 0 Å². The quantitative estimate of drug-likeness (QED) is 0.142. The second-order valence-corrected chi connectivity index (χ2v) is 16.0. The maximum Gasteiger partial charge on any atom is 0.0462 e. The molecule has 0 aromatic heterocycles. The lowest BCUT2D eigenvalue weighted by molar-refractivity contribution is 0.444. The predicted octanol–water partition coefficient (Wildman–Crippen LogP) is 16.7. The fourth-order valence-corrected chi connectivity index (χ4v) is 9.09. The number of hydrogen-bond donors (Lipinski definition) is 0. The number of hydrogen-bond acceptors (Lipinski definition) is 1. The van der Waals surface area contributed by atoms with Crippen LogP contribution in [-0.4, -0.2) is 0 Å². The van der Waals surface area contributed by atoms with E-state index in [1.165, 1.54) is 104 Å². The van der Waals surface area contributed by atoms with Gasteiger partial charge in [-0.25, -0.2) is 0 Å². The van der Waals surface area contributed by atoms with Crippen molar-refractivity contribution < 1.29 is 0 Å². The summed E-state index contributed by atoms with van der Waals surface area (Å²) in [5.74, 6) is 0.687. The van der Waals surface area contributed by atoms with E-state index in [0.717, 1.165) is 17.1 Å². The first-order valence-corrected chi connectivity index (χ1v) is 21.2. The van der Waals surface area contributed by atoms with Gasteiger partial charge in [0.25, 0.3) is 0 Å². The molecule has 0 N–H and O–H groups in total. The standard InChI is InChI=1S/C58H47N/c1-3-12-42(13-4-1)50-18-9-20-52(40-50)46-30-36-55(37-31-46)59(56-38-32-47(33-39-56)53-21-10-19-51(41-53)43-14-5-2-6-15-43)54-34-28-45(29-35-54)44-24-26-49(27-25-44)58-23-11-17-48-16-7-8-22-57(48)58/h1,3-4,7-13,16-41,43H,2,5-6,14-15H2. The van der Waals surface area contributed by atoms with Crippen LogP contribution in [-0.2, 0) is 0 Å². The molecule has 0 spiro atoms. The molecule has 1 heteroatoms. The number of benzene rings is 9. The molecule has 0 saturated heterocycles. The Morgan fingerprint density at radius 2 is 0.729 bits per heavy atom. The van der Waals surface area contributed by atoms with Gasteiger partial charge < -0.3 is 4.90 Å². The van der Waals surface area contributed by atoms with E-state index >= 15 is 0 Å². The zero-order valence-corrected chi connectivity index (χ0v) is 33.3. The summed E-state index contributed by atoms with van der Waals surface area (Å²) in [5.41, 5.74) is 17.1. The van der Waals surface area contributed by atoms with Gasteiger partial charge in [0, 0.05) is 17.1 Å². The largest absolute Gasteiger partial charge is 0.311 e. The van der Waals surface area contributed by atoms with Crippen LogP contribution in [0.25, 0.3) is 66.4 Å². The predicted molar refractivity (Wildman–Crippen MR) is 252 cm³/mol. The van der Waals surface area contributed by atoms with Gasteiger partial charge in [-0.15, -0.1) is 0 Å². The molecule has 1 aliphatic carbocycles. The Labute approximate surface area is 348 Å². The first kappa shape index (κ1) is 36.4. The molecule has 1 nitrogen and oxygen atoms in total. The minimum Gasteiger partial charge on any atom is -0.311 e. The van der Waals surface area contributed by atoms with E-state index in [2.05, 4.69) is 223 Å². The molecule has 1 fully saturated rings. The van der Waals surface area contributed by atoms with Crippen LogP contribution in [0.5, 0.6) is 0 Å². The zero-order valence-electron chi connectivity index (χ0n) is 33.3. The maximum atomic E-state index is 2.43. The Morgan fingerprint density at radius 3 is 1.34 bits per heavy atom. The highest BCUT2D eigenvalue weighted by Gasteiger charge is 2.17. The van der Waals surface area contributed by atoms with Crippen molar-refractivity contribution >= 4 is 27.8 Å². The van der Waals surface area contributed by atoms with Crippen molar-refractivity contribution in [2.75, 3.05) is 4.90 Å². The molecule has 0 radical (unpaired) electrons. The van der Waals surface area contributed by atoms with Crippen LogP contribution in [0.3, 0.4) is 0 Å². The van der Waals surface area contributed by atoms with E-state index in [1.54, 1.807) is 0 Å². The normalized spacial score (nSPS) is 13.0. The second-order valence-electron chi connectivity index (χ2n) is 16.0. The van der Waals surface area contributed by atoms with Crippen LogP contribution < -0.4 is 4.90 Å². The molecule has 0 bridgehead atoms. The summed E-state index contributed by atoms with van der Waals surface area (Å²) in [6.07, 6.45) is 6.69. The van der Waals surface area contributed by atoms with E-state index in [1.807, 2.05) is 0 Å². The summed E-state index contributed by atoms with van der Waals surface area (Å²) in [4.78, 5) is 2.37. The van der Waals surface area contributed by atoms with E-state index in [0.29, 0.717) is 5.92 Å². The summed E-state index contributed by atoms with van der Waals surface area (Å²) in [6.45, 7) is 0. The van der Waals surface area contributed by atoms with E-state index in [-0.39, 0.29) is 0 Å². The summed E-state index contributed by atoms with van der Waals surface area (Å²) in [7, 11) is 0. The monoisotopic (exact) mass is 757 g/mol. The number of anilines is 3. The lowest BCUT2D eigenvalue weighted by Crippen LogP contribution is -2.09. The molecule has 1 saturated carbocycles. The minimum atomic E-state index is 0.687. The smallest absolute Gasteiger partial charge is 0.0462 e. The lowest BCUT2D eigenvalue weighted by Gasteiger charge is -2.26. The number of fused-ring (bicyclic) bond motifs is 1. The van der Waals surface area contributed by atoms with Crippen molar-refractivity contribution in [3.8, 4) is 55.6 Å². The first-order chi connectivity index (χ1) is 29.2. The Morgan fingerprint density at radius 1 is 0.305 bits per heavy atom. The van der Waals surface area contributed by atoms with Crippen molar-refractivity contribution in [3.63, 3.8) is 0 Å². The lowest BCUT2D eigenvalue weighted by atomic mass is 9.83. The van der Waals surface area contributed by atoms with Crippen LogP contribution in [0, 0.1) is 0 Å². The topological polar surface area (TPSA) is 3.24 Å². The Hall–Kier alpha value is -6.96. The molecule has 9 aromatic rings. The second kappa shape index (κ2) is 16.5. The van der Waals surface area contributed by atoms with Gasteiger partial charge in [0.1, 0.15) is 0 Å². The third-order valence-corrected chi connectivity index (χ3v) is 12.3. The Bertz CT molecular complexity index is 2810. The van der Waals surface area contributed by atoms with Crippen molar-refractivity contribution in [1.82, 2.24) is 0 Å². The molecule has 0 amide bonds. The van der Waals surface area contributed by atoms with Crippen molar-refractivity contribution in [2.24, 2.45) is 0 Å². The van der Waals surface area contributed by atoms with Crippen LogP contribution in [0.2, 0.25) is 0 Å². The van der Waals surface area contributed by atoms with Crippen LogP contribution in [0.15, 0.2) is 218 Å². The molecule has 0 unspecified atom stereocenters. The minimum absolute atomic E-state index is 0.687. The highest BCUT2D eigenvalue weighted by Crippen LogP contribution is 2.40. The van der Waals surface area contributed by atoms with Crippen molar-refractivity contribution in [2.45, 2.75) is 38.0 Å². The van der Waals surface area contributed by atoms with E-state index in [4.69, 9.17) is 0 Å². The fraction of sp³-hybridized carbons (Fsp3) is 0.103. The third-order valence-electron chi connectivity index (χ3n) is 12.3. The van der Waals surface area contributed by atoms with Gasteiger partial charge in [0.2, 0.25) is 0 Å². The Kier molecular flexibility index (Phi) is 10.2. The van der Waals surface area contributed by atoms with Gasteiger partial charge in [-0.05, 0) is 133 Å². The molecule has 9 aromatic carbocycles. The van der Waals surface area contributed by atoms with Crippen molar-refractivity contribution in [3.05, 3.63) is 224 Å². The zero-order chi connectivity index (χ0) is 39.4. The van der Waals surface area contributed by atoms with Crippen LogP contribution in [0.4, 0.5) is 17.1 Å². The summed E-state index contributed by atoms with van der Waals surface area (Å²) in [5, 5.41) is 2.54. The molecular weight excluding hydrogens is 711 g/mol. The number of nitrogens with zero attached hydrogens (tertiary/aromatic N) is 1. The highest BCUT2D eigenvalue weighted by molar-refractivity contribution is 5.97. The first-order valence-electron chi connectivity index (χ1n) is 21.2. The third kappa shape index (κ3) is 7.73. The molecule has 0 aliphatic heterocycles. The summed E-state index contributed by atoms with van der Waals surface area (Å²) >= 11 is 0. The summed E-state index contributed by atoms with van der Waals surface area (Å²) in [6, 6.07) is 80.1. The highest BCUT2D eigenvalue weighted by atomic mass is 15.1. The van der Waals surface area contributed by atoms with Gasteiger partial charge in [0.15, 0.2) is 0 Å². The molecular formula is C58H47N. The van der Waals surface area contributed by atoms with Gasteiger partial charge >= 0.3 is 0 Å². The van der Waals surface area contributed by atoms with Gasteiger partial charge in [-0.1, -0.05) is 195 Å². The average molecular weight is 758 g/mol. The van der Waals surface area contributed by atoms with Gasteiger partial charge in [-0.2, -0.15) is 0 Å². The Balaban J connectivity index is 0.966. The maximum absolute atomic E-state index is 2.43. The molecule has 0 atom stereocenters. The van der Waals surface area contributed by atoms with Crippen LogP contribution >= 0.6 is 0 Å². The summed E-state index contributed by atoms with van der Waals surface area (Å²) < 4.78 is 0. The SMILES string of the molecule is c1ccc(-c2cccc(-c3ccc(N(c4ccc(-c5ccc(-c6cccc7ccccc67)cc5)cc4)c4ccc(-c5cccc(C6CCCCC6)c5)cc4)cc3)c2)cc1. The molecule has 0 heterocycles. The molecule has 284 valence electrons. The van der Waals surface area contributed by atoms with E-state index < -0.39 is 0 Å². The van der Waals surface area contributed by atoms with Crippen molar-refractivity contribution in [1.29, 1.82) is 0 Å². The molecule has 10 rings (SSSR count).